The molecule has 9 nitrogen and oxygen atoms in total. The Balaban J connectivity index is 1.37. The van der Waals surface area contributed by atoms with Crippen LogP contribution in [0.5, 0.6) is 5.75 Å². The topological polar surface area (TPSA) is 101 Å². The van der Waals surface area contributed by atoms with E-state index in [1.165, 1.54) is 0 Å². The number of rotatable bonds is 6. The van der Waals surface area contributed by atoms with Crippen molar-refractivity contribution in [1.29, 1.82) is 0 Å². The van der Waals surface area contributed by atoms with E-state index in [9.17, 15) is 9.59 Å². The molecule has 4 rings (SSSR count). The molecule has 1 aromatic carbocycles. The van der Waals surface area contributed by atoms with E-state index in [1.54, 1.807) is 31.3 Å². The third-order valence-electron chi connectivity index (χ3n) is 6.91. The van der Waals surface area contributed by atoms with E-state index in [-0.39, 0.29) is 42.8 Å². The fraction of sp³-hybridized carbons (Fsp3) is 0.583. The van der Waals surface area contributed by atoms with E-state index in [4.69, 9.17) is 19.3 Å². The van der Waals surface area contributed by atoms with Gasteiger partial charge in [-0.25, -0.2) is 4.79 Å². The highest BCUT2D eigenvalue weighted by Crippen LogP contribution is 2.38. The lowest BCUT2D eigenvalue weighted by Crippen LogP contribution is -2.50. The molecule has 9 heteroatoms. The standard InChI is InChI=1S/C24H33N3O6/c1-31-21-14-18-19(23(29)25-20(18)15-22(21)32-2)13-16-3-5-17(6-4-16)33-24(30)27-9-7-26(8-10-27)11-12-28/h3-6,13,18,20-22,28H,7-12,14-15H2,1-2H3,(H,25,29)/b19-13+/t18-,20?,21-,22?/m0/s1. The summed E-state index contributed by atoms with van der Waals surface area (Å²) in [7, 11) is 3.36. The number of piperazine rings is 1. The van der Waals surface area contributed by atoms with Crippen LogP contribution in [0.25, 0.3) is 6.08 Å². The maximum absolute atomic E-state index is 12.6. The quantitative estimate of drug-likeness (QED) is 0.615. The van der Waals surface area contributed by atoms with Crippen LogP contribution >= 0.6 is 0 Å². The van der Waals surface area contributed by atoms with E-state index < -0.39 is 0 Å². The molecule has 33 heavy (non-hydrogen) atoms. The Morgan fingerprint density at radius 1 is 1.09 bits per heavy atom. The Bertz CT molecular complexity index is 865. The lowest BCUT2D eigenvalue weighted by Gasteiger charge is -2.36. The number of ether oxygens (including phenoxy) is 3. The first kappa shape index (κ1) is 23.7. The number of hydrogen-bond acceptors (Lipinski definition) is 7. The van der Waals surface area contributed by atoms with Crippen molar-refractivity contribution in [3.8, 4) is 5.75 Å². The Morgan fingerprint density at radius 3 is 2.39 bits per heavy atom. The van der Waals surface area contributed by atoms with Crippen molar-refractivity contribution in [2.75, 3.05) is 53.6 Å². The fourth-order valence-electron chi connectivity index (χ4n) is 5.00. The Kier molecular flexibility index (Phi) is 7.64. The van der Waals surface area contributed by atoms with Crippen LogP contribution < -0.4 is 10.1 Å². The van der Waals surface area contributed by atoms with Gasteiger partial charge in [0.15, 0.2) is 0 Å². The predicted molar refractivity (Wildman–Crippen MR) is 122 cm³/mol. The van der Waals surface area contributed by atoms with Crippen LogP contribution in [-0.2, 0) is 14.3 Å². The summed E-state index contributed by atoms with van der Waals surface area (Å²) in [5, 5.41) is 12.1. The molecule has 0 aromatic heterocycles. The van der Waals surface area contributed by atoms with Gasteiger partial charge < -0.3 is 29.5 Å². The third kappa shape index (κ3) is 5.38. The average molecular weight is 460 g/mol. The molecule has 1 aromatic rings. The molecule has 4 atom stereocenters. The van der Waals surface area contributed by atoms with Crippen LogP contribution in [0.3, 0.4) is 0 Å². The summed E-state index contributed by atoms with van der Waals surface area (Å²) in [4.78, 5) is 28.9. The number of nitrogens with one attached hydrogen (secondary N) is 1. The van der Waals surface area contributed by atoms with Gasteiger partial charge in [-0.05, 0) is 36.6 Å². The molecule has 0 bridgehead atoms. The maximum Gasteiger partial charge on any atom is 0.415 e. The first-order valence-corrected chi connectivity index (χ1v) is 11.5. The van der Waals surface area contributed by atoms with Gasteiger partial charge in [0.2, 0.25) is 5.91 Å². The molecule has 0 spiro atoms. The van der Waals surface area contributed by atoms with Crippen molar-refractivity contribution in [2.45, 2.75) is 31.1 Å². The van der Waals surface area contributed by atoms with E-state index >= 15 is 0 Å². The molecule has 0 radical (unpaired) electrons. The van der Waals surface area contributed by atoms with Crippen molar-refractivity contribution < 1.29 is 28.9 Å². The molecule has 3 aliphatic rings. The minimum Gasteiger partial charge on any atom is -0.410 e. The molecule has 2 aliphatic heterocycles. The van der Waals surface area contributed by atoms with E-state index in [0.717, 1.165) is 37.1 Å². The van der Waals surface area contributed by atoms with Crippen molar-refractivity contribution in [1.82, 2.24) is 15.1 Å². The molecule has 1 aliphatic carbocycles. The Labute approximate surface area is 194 Å². The number of carbonyl (C=O) groups is 2. The smallest absolute Gasteiger partial charge is 0.410 e. The molecule has 2 unspecified atom stereocenters. The first-order valence-electron chi connectivity index (χ1n) is 11.5. The largest absolute Gasteiger partial charge is 0.415 e. The average Bonchev–Trinajstić information content (AvgIpc) is 3.13. The van der Waals surface area contributed by atoms with Crippen molar-refractivity contribution in [2.24, 2.45) is 5.92 Å². The summed E-state index contributed by atoms with van der Waals surface area (Å²) >= 11 is 0. The number of amides is 2. The molecule has 2 saturated heterocycles. The number of benzene rings is 1. The zero-order chi connectivity index (χ0) is 23.4. The van der Waals surface area contributed by atoms with E-state index in [0.29, 0.717) is 25.4 Å². The fourth-order valence-corrected chi connectivity index (χ4v) is 5.00. The maximum atomic E-state index is 12.6. The number of hydrogen-bond donors (Lipinski definition) is 2. The highest BCUT2D eigenvalue weighted by Gasteiger charge is 2.45. The minimum absolute atomic E-state index is 0.0254. The molecular formula is C24H33N3O6. The van der Waals surface area contributed by atoms with Crippen LogP contribution in [0.1, 0.15) is 18.4 Å². The number of methoxy groups -OCH3 is 2. The number of nitrogens with zero attached hydrogens (tertiary/aromatic N) is 2. The zero-order valence-corrected chi connectivity index (χ0v) is 19.2. The number of carbonyl (C=O) groups excluding carboxylic acids is 2. The van der Waals surface area contributed by atoms with Crippen molar-refractivity contribution in [3.63, 3.8) is 0 Å². The normalized spacial score (nSPS) is 29.1. The molecule has 3 fully saturated rings. The monoisotopic (exact) mass is 459 g/mol. The molecular weight excluding hydrogens is 426 g/mol. The lowest BCUT2D eigenvalue weighted by molar-refractivity contribution is -0.116. The van der Waals surface area contributed by atoms with Crippen LogP contribution in [-0.4, -0.2) is 98.7 Å². The second-order valence-electron chi connectivity index (χ2n) is 8.80. The SMILES string of the molecule is COC1CC2NC(=O)/C(=C/c3ccc(OC(=O)N4CCN(CCO)CC4)cc3)[C@@H]2C[C@@H]1OC. The summed E-state index contributed by atoms with van der Waals surface area (Å²) < 4.78 is 16.7. The van der Waals surface area contributed by atoms with Crippen LogP contribution in [0.2, 0.25) is 0 Å². The summed E-state index contributed by atoms with van der Waals surface area (Å²) in [5.74, 6) is 0.497. The molecule has 2 N–H and O–H groups in total. The number of aliphatic hydroxyl groups is 1. The van der Waals surface area contributed by atoms with Gasteiger partial charge >= 0.3 is 6.09 Å². The summed E-state index contributed by atoms with van der Waals surface area (Å²) in [6.07, 6.45) is 2.92. The van der Waals surface area contributed by atoms with Crippen molar-refractivity contribution in [3.05, 3.63) is 35.4 Å². The Morgan fingerprint density at radius 2 is 1.76 bits per heavy atom. The van der Waals surface area contributed by atoms with Crippen LogP contribution in [0, 0.1) is 5.92 Å². The van der Waals surface area contributed by atoms with Gasteiger partial charge in [0.1, 0.15) is 5.75 Å². The van der Waals surface area contributed by atoms with Gasteiger partial charge in [0.25, 0.3) is 0 Å². The minimum atomic E-state index is -0.372. The van der Waals surface area contributed by atoms with Crippen molar-refractivity contribution >= 4 is 18.1 Å². The molecule has 2 heterocycles. The number of fused-ring (bicyclic) bond motifs is 1. The van der Waals surface area contributed by atoms with E-state index in [2.05, 4.69) is 10.2 Å². The predicted octanol–water partition coefficient (Wildman–Crippen LogP) is 1.12. The summed E-state index contributed by atoms with van der Waals surface area (Å²) in [6, 6.07) is 7.25. The third-order valence-corrected chi connectivity index (χ3v) is 6.91. The van der Waals surface area contributed by atoms with Gasteiger partial charge in [-0.1, -0.05) is 12.1 Å². The summed E-state index contributed by atoms with van der Waals surface area (Å²) in [6.45, 7) is 3.35. The first-order chi connectivity index (χ1) is 16.0. The molecule has 1 saturated carbocycles. The van der Waals surface area contributed by atoms with Gasteiger partial charge in [-0.3, -0.25) is 9.69 Å². The molecule has 2 amide bonds. The summed E-state index contributed by atoms with van der Waals surface area (Å²) in [5.41, 5.74) is 1.63. The highest BCUT2D eigenvalue weighted by atomic mass is 16.6. The second-order valence-corrected chi connectivity index (χ2v) is 8.80. The van der Waals surface area contributed by atoms with Crippen LogP contribution in [0.15, 0.2) is 29.8 Å². The van der Waals surface area contributed by atoms with Gasteiger partial charge in [-0.2, -0.15) is 0 Å². The second kappa shape index (κ2) is 10.6. The van der Waals surface area contributed by atoms with Gasteiger partial charge in [0.05, 0.1) is 18.8 Å². The number of β-amino-alcohol motifs (C(OH)–C–C–N with tert-alkyl or cyclic N) is 1. The van der Waals surface area contributed by atoms with Crippen LogP contribution in [0.4, 0.5) is 4.79 Å². The lowest BCUT2D eigenvalue weighted by atomic mass is 9.79. The number of aliphatic hydroxyl groups excluding tert-OH is 1. The highest BCUT2D eigenvalue weighted by molar-refractivity contribution is 6.01. The molecule has 180 valence electrons. The van der Waals surface area contributed by atoms with Gasteiger partial charge in [-0.15, -0.1) is 0 Å². The van der Waals surface area contributed by atoms with E-state index in [1.807, 2.05) is 18.2 Å². The zero-order valence-electron chi connectivity index (χ0n) is 19.2. The Hall–Kier alpha value is -2.46. The van der Waals surface area contributed by atoms with Gasteiger partial charge in [0, 0.05) is 64.5 Å².